The Kier molecular flexibility index (Phi) is 5.98. The van der Waals surface area contributed by atoms with Crippen molar-refractivity contribution < 1.29 is 20.0 Å². The summed E-state index contributed by atoms with van der Waals surface area (Å²) in [6.45, 7) is 2.05. The lowest BCUT2D eigenvalue weighted by molar-refractivity contribution is -0.731. The molecule has 3 aromatic carbocycles. The zero-order valence-corrected chi connectivity index (χ0v) is 18.1. The van der Waals surface area contributed by atoms with Crippen LogP contribution in [-0.2, 0) is 4.74 Å². The first-order chi connectivity index (χ1) is 14.9. The van der Waals surface area contributed by atoms with Crippen molar-refractivity contribution >= 4 is 23.3 Å². The number of aromatic hydroxyl groups is 1. The van der Waals surface area contributed by atoms with Gasteiger partial charge < -0.3 is 20.5 Å². The Hall–Kier alpha value is -3.28. The molecule has 4 rings (SSSR count). The smallest absolute Gasteiger partial charge is 0.337 e. The normalized spacial score (nSPS) is 18.1. The maximum absolute atomic E-state index is 11.8. The van der Waals surface area contributed by atoms with E-state index in [0.717, 1.165) is 22.4 Å². The molecule has 0 spiro atoms. The first kappa shape index (κ1) is 21.0. The van der Waals surface area contributed by atoms with Crippen molar-refractivity contribution in [3.63, 3.8) is 0 Å². The van der Waals surface area contributed by atoms with Crippen LogP contribution in [0.25, 0.3) is 5.70 Å². The van der Waals surface area contributed by atoms with Crippen LogP contribution in [0.3, 0.4) is 0 Å². The van der Waals surface area contributed by atoms with Gasteiger partial charge in [0.05, 0.1) is 18.2 Å². The van der Waals surface area contributed by atoms with Crippen LogP contribution in [0, 0.1) is 6.92 Å². The molecule has 158 valence electrons. The number of halogens is 1. The van der Waals surface area contributed by atoms with Crippen molar-refractivity contribution in [3.05, 3.63) is 106 Å². The van der Waals surface area contributed by atoms with E-state index in [1.807, 2.05) is 12.1 Å². The van der Waals surface area contributed by atoms with Crippen molar-refractivity contribution in [1.82, 2.24) is 5.32 Å². The van der Waals surface area contributed by atoms with Crippen molar-refractivity contribution in [2.45, 2.75) is 19.1 Å². The highest BCUT2D eigenvalue weighted by molar-refractivity contribution is 6.30. The molecule has 0 aromatic heterocycles. The summed E-state index contributed by atoms with van der Waals surface area (Å²) in [5, 5.41) is 16.8. The number of phenols is 1. The van der Waals surface area contributed by atoms with E-state index in [1.54, 1.807) is 30.3 Å². The maximum atomic E-state index is 11.8. The summed E-state index contributed by atoms with van der Waals surface area (Å²) in [6.07, 6.45) is 1.96. The van der Waals surface area contributed by atoms with Gasteiger partial charge >= 0.3 is 5.97 Å². The highest BCUT2D eigenvalue weighted by Gasteiger charge is 2.29. The van der Waals surface area contributed by atoms with E-state index in [9.17, 15) is 9.90 Å². The van der Waals surface area contributed by atoms with Crippen LogP contribution < -0.4 is 10.6 Å². The lowest BCUT2D eigenvalue weighted by atomic mass is 9.97. The Labute approximate surface area is 186 Å². The standard InChI is InChI=1S/C25H23ClN2O3/c1-15-3-5-16(6-4-15)21-14-22(20-13-19(26)11-12-23(20)29)28-24(27-21)17-7-9-18(10-8-17)25(30)31-2/h3-14,22,24,27-29H,1-2H3/p+1. The molecule has 0 radical (unpaired) electrons. The molecule has 6 heteroatoms. The molecule has 1 heterocycles. The number of phenolic OH excluding ortho intramolecular Hbond substituents is 1. The topological polar surface area (TPSA) is 75.2 Å². The van der Waals surface area contributed by atoms with Crippen molar-refractivity contribution in [2.75, 3.05) is 7.11 Å². The van der Waals surface area contributed by atoms with Gasteiger partial charge in [0.2, 0.25) is 0 Å². The second-order valence-electron chi connectivity index (χ2n) is 7.60. The molecule has 3 aromatic rings. The van der Waals surface area contributed by atoms with Gasteiger partial charge in [-0.1, -0.05) is 53.6 Å². The summed E-state index contributed by atoms with van der Waals surface area (Å²) >= 11 is 6.22. The molecule has 2 unspecified atom stereocenters. The van der Waals surface area contributed by atoms with E-state index in [-0.39, 0.29) is 23.9 Å². The van der Waals surface area contributed by atoms with Gasteiger partial charge in [-0.2, -0.15) is 0 Å². The Morgan fingerprint density at radius 3 is 2.45 bits per heavy atom. The quantitative estimate of drug-likeness (QED) is 0.539. The third-order valence-electron chi connectivity index (χ3n) is 5.46. The molecule has 0 saturated carbocycles. The highest BCUT2D eigenvalue weighted by atomic mass is 35.5. The van der Waals surface area contributed by atoms with Crippen LogP contribution in [-0.4, -0.2) is 18.2 Å². The van der Waals surface area contributed by atoms with Gasteiger partial charge in [-0.15, -0.1) is 0 Å². The first-order valence-electron chi connectivity index (χ1n) is 10.0. The van der Waals surface area contributed by atoms with Gasteiger partial charge in [-0.3, -0.25) is 0 Å². The number of carbonyl (C=O) groups is 1. The number of nitrogens with one attached hydrogen (secondary N) is 1. The van der Waals surface area contributed by atoms with E-state index in [1.165, 1.54) is 12.7 Å². The summed E-state index contributed by atoms with van der Waals surface area (Å²) in [5.41, 5.74) is 5.45. The van der Waals surface area contributed by atoms with Crippen LogP contribution >= 0.6 is 11.6 Å². The van der Waals surface area contributed by atoms with E-state index < -0.39 is 0 Å². The maximum Gasteiger partial charge on any atom is 0.337 e. The summed E-state index contributed by atoms with van der Waals surface area (Å²) in [7, 11) is 1.37. The third-order valence-corrected chi connectivity index (χ3v) is 5.69. The average molecular weight is 436 g/mol. The SMILES string of the molecule is COC(=O)c1ccc(C2NC(c3ccc(C)cc3)=CC(c3cc(Cl)ccc3O)[NH2+]2)cc1. The number of quaternary nitrogens is 1. The molecule has 0 fully saturated rings. The molecule has 0 aliphatic carbocycles. The third kappa shape index (κ3) is 4.58. The summed E-state index contributed by atoms with van der Waals surface area (Å²) < 4.78 is 4.79. The highest BCUT2D eigenvalue weighted by Crippen LogP contribution is 2.31. The lowest BCUT2D eigenvalue weighted by Crippen LogP contribution is -2.89. The van der Waals surface area contributed by atoms with Crippen molar-refractivity contribution in [2.24, 2.45) is 0 Å². The molecule has 4 N–H and O–H groups in total. The number of aryl methyl sites for hydroxylation is 1. The van der Waals surface area contributed by atoms with E-state index >= 15 is 0 Å². The Morgan fingerprint density at radius 2 is 1.77 bits per heavy atom. The van der Waals surface area contributed by atoms with Gasteiger partial charge in [0.15, 0.2) is 6.17 Å². The summed E-state index contributed by atoms with van der Waals surface area (Å²) in [5.74, 6) is -0.166. The Balaban J connectivity index is 1.72. The Morgan fingerprint density at radius 1 is 1.06 bits per heavy atom. The van der Waals surface area contributed by atoms with Crippen LogP contribution in [0.15, 0.2) is 72.8 Å². The van der Waals surface area contributed by atoms with Crippen LogP contribution in [0.5, 0.6) is 5.75 Å². The number of ether oxygens (including phenoxy) is 1. The average Bonchev–Trinajstić information content (AvgIpc) is 2.80. The van der Waals surface area contributed by atoms with Crippen LogP contribution in [0.2, 0.25) is 5.02 Å². The minimum absolute atomic E-state index is 0.128. The van der Waals surface area contributed by atoms with Gasteiger partial charge in [-0.05, 0) is 42.8 Å². The van der Waals surface area contributed by atoms with Crippen molar-refractivity contribution in [1.29, 1.82) is 0 Å². The lowest BCUT2D eigenvalue weighted by Gasteiger charge is -2.30. The number of carbonyl (C=O) groups excluding carboxylic acids is 1. The molecule has 1 aliphatic rings. The second-order valence-corrected chi connectivity index (χ2v) is 8.04. The van der Waals surface area contributed by atoms with E-state index in [2.05, 4.69) is 47.9 Å². The fourth-order valence-corrected chi connectivity index (χ4v) is 3.92. The number of hydrogen-bond acceptors (Lipinski definition) is 4. The van der Waals surface area contributed by atoms with Gasteiger partial charge in [0.25, 0.3) is 0 Å². The molecule has 0 saturated heterocycles. The summed E-state index contributed by atoms with van der Waals surface area (Å²) in [4.78, 5) is 11.8. The zero-order chi connectivity index (χ0) is 22.0. The van der Waals surface area contributed by atoms with E-state index in [4.69, 9.17) is 16.3 Å². The minimum Gasteiger partial charge on any atom is -0.507 e. The van der Waals surface area contributed by atoms with Crippen LogP contribution in [0.1, 0.15) is 44.8 Å². The summed E-state index contributed by atoms with van der Waals surface area (Å²) in [6, 6.07) is 20.6. The van der Waals surface area contributed by atoms with Gasteiger partial charge in [0.1, 0.15) is 11.8 Å². The minimum atomic E-state index is -0.367. The molecule has 0 bridgehead atoms. The van der Waals surface area contributed by atoms with Gasteiger partial charge in [0, 0.05) is 22.4 Å². The number of benzene rings is 3. The number of rotatable bonds is 4. The second kappa shape index (κ2) is 8.84. The fraction of sp³-hybridized carbons (Fsp3) is 0.160. The van der Waals surface area contributed by atoms with Crippen molar-refractivity contribution in [3.8, 4) is 5.75 Å². The largest absolute Gasteiger partial charge is 0.507 e. The zero-order valence-electron chi connectivity index (χ0n) is 17.3. The molecule has 0 amide bonds. The molecular weight excluding hydrogens is 412 g/mol. The Bertz CT molecular complexity index is 1120. The molecule has 1 aliphatic heterocycles. The number of hydrogen-bond donors (Lipinski definition) is 3. The molecular formula is C25H24ClN2O3+. The van der Waals surface area contributed by atoms with Crippen LogP contribution in [0.4, 0.5) is 0 Å². The fourth-order valence-electron chi connectivity index (χ4n) is 3.74. The number of nitrogens with two attached hydrogens (primary N) is 1. The predicted octanol–water partition coefficient (Wildman–Crippen LogP) is 4.09. The monoisotopic (exact) mass is 435 g/mol. The molecule has 31 heavy (non-hydrogen) atoms. The van der Waals surface area contributed by atoms with E-state index in [0.29, 0.717) is 10.6 Å². The number of methoxy groups -OCH3 is 1. The first-order valence-corrected chi connectivity index (χ1v) is 10.4. The molecule has 2 atom stereocenters. The predicted molar refractivity (Wildman–Crippen MR) is 121 cm³/mol. The number of esters is 1. The van der Waals surface area contributed by atoms with Gasteiger partial charge in [-0.25, -0.2) is 4.79 Å². The molecule has 5 nitrogen and oxygen atoms in total.